The van der Waals surface area contributed by atoms with Gasteiger partial charge in [-0.15, -0.1) is 0 Å². The first-order valence-corrected chi connectivity index (χ1v) is 24.5. The molecule has 72 heavy (non-hydrogen) atoms. The number of nitrogens with zero attached hydrogens (tertiary/aromatic N) is 2. The van der Waals surface area contributed by atoms with Gasteiger partial charge in [-0.05, 0) is 115 Å². The van der Waals surface area contributed by atoms with Crippen molar-refractivity contribution < 1.29 is 8.78 Å². The van der Waals surface area contributed by atoms with Crippen molar-refractivity contribution in [1.29, 1.82) is 0 Å². The van der Waals surface area contributed by atoms with Gasteiger partial charge in [-0.3, -0.25) is 0 Å². The predicted octanol–water partition coefficient (Wildman–Crippen LogP) is 19.8. The Hall–Kier alpha value is -8.86. The minimum Gasteiger partial charge on any atom is -0.306 e. The van der Waals surface area contributed by atoms with E-state index in [-0.39, 0.29) is 17.0 Å². The second-order valence-electron chi connectivity index (χ2n) is 19.6. The second-order valence-corrected chi connectivity index (χ2v) is 19.6. The summed E-state index contributed by atoms with van der Waals surface area (Å²) in [5.41, 5.74) is 11.5. The van der Waals surface area contributed by atoms with Crippen LogP contribution in [0.15, 0.2) is 249 Å². The summed E-state index contributed by atoms with van der Waals surface area (Å²) >= 11 is 0. The van der Waals surface area contributed by atoms with Gasteiger partial charge in [0.05, 0.1) is 22.7 Å². The first kappa shape index (κ1) is 44.4. The van der Waals surface area contributed by atoms with Crippen molar-refractivity contribution in [2.45, 2.75) is 26.2 Å². The van der Waals surface area contributed by atoms with Gasteiger partial charge in [0.25, 0.3) is 0 Å². The normalized spacial score (nSPS) is 11.7. The molecule has 0 spiro atoms. The van der Waals surface area contributed by atoms with Crippen LogP contribution in [0, 0.1) is 11.6 Å². The smallest absolute Gasteiger partial charge is 0.148 e. The third-order valence-electron chi connectivity index (χ3n) is 14.0. The van der Waals surface area contributed by atoms with E-state index in [1.165, 1.54) is 5.56 Å². The van der Waals surface area contributed by atoms with Crippen LogP contribution in [-0.4, -0.2) is 0 Å². The van der Waals surface area contributed by atoms with Crippen molar-refractivity contribution in [2.75, 3.05) is 9.80 Å². The predicted molar refractivity (Wildman–Crippen MR) is 300 cm³/mol. The van der Waals surface area contributed by atoms with Gasteiger partial charge in [0.1, 0.15) is 11.6 Å². The maximum absolute atomic E-state index is 18.2. The molecule has 0 atom stereocenters. The van der Waals surface area contributed by atoms with Gasteiger partial charge in [0, 0.05) is 38.7 Å². The fourth-order valence-corrected chi connectivity index (χ4v) is 10.5. The molecule has 0 unspecified atom stereocenters. The van der Waals surface area contributed by atoms with Gasteiger partial charge in [-0.1, -0.05) is 215 Å². The zero-order valence-corrected chi connectivity index (χ0v) is 40.3. The quantitative estimate of drug-likeness (QED) is 0.126. The maximum Gasteiger partial charge on any atom is 0.148 e. The third kappa shape index (κ3) is 7.92. The molecule has 0 radical (unpaired) electrons. The SMILES string of the molecule is CC(C)(C)c1cc2ccc3c(N(c4ccccc4)c4c(F)cc(-c5ccccc5)cc4-c4ccccc4)cc(N(c4ccccc4)c4c(F)cc(-c5ccccc5)cc4-c4ccccc4)c4ccc(c1)c2c34. The first-order chi connectivity index (χ1) is 35.2. The number of para-hydroxylation sites is 2. The molecule has 0 aliphatic rings. The van der Waals surface area contributed by atoms with E-state index < -0.39 is 0 Å². The van der Waals surface area contributed by atoms with E-state index in [1.807, 2.05) is 182 Å². The van der Waals surface area contributed by atoms with Gasteiger partial charge in [-0.25, -0.2) is 8.78 Å². The lowest BCUT2D eigenvalue weighted by atomic mass is 9.83. The zero-order chi connectivity index (χ0) is 48.9. The molecule has 4 heteroatoms. The van der Waals surface area contributed by atoms with E-state index in [0.29, 0.717) is 11.4 Å². The molecule has 0 aromatic heterocycles. The summed E-state index contributed by atoms with van der Waals surface area (Å²) in [4.78, 5) is 4.16. The molecule has 0 saturated heterocycles. The monoisotopic (exact) mass is 932 g/mol. The molecule has 346 valence electrons. The molecular formula is C68H50F2N2. The standard InChI is InChI=1S/C68H50F2N2/c1-68(2,3)53-38-49-34-36-56-62(71(54-30-18-8-19-31-54)66-58(47-26-14-6-15-27-47)40-51(42-60(66)69)45-22-10-4-11-23-45)44-63(57-37-35-50(39-53)64(49)65(56)57)72(55-32-20-9-21-33-55)67-59(48-28-16-7-17-29-48)41-52(43-61(67)70)46-24-12-5-13-25-46/h4-44H,1-3H3. The largest absolute Gasteiger partial charge is 0.306 e. The molecule has 12 aromatic carbocycles. The van der Waals surface area contributed by atoms with Crippen molar-refractivity contribution in [3.63, 3.8) is 0 Å². The Labute approximate surface area is 419 Å². The minimum absolute atomic E-state index is 0.108. The molecular weight excluding hydrogens is 883 g/mol. The van der Waals surface area contributed by atoms with E-state index >= 15 is 8.78 Å². The highest BCUT2D eigenvalue weighted by molar-refractivity contribution is 6.29. The Morgan fingerprint density at radius 2 is 0.667 bits per heavy atom. The topological polar surface area (TPSA) is 6.48 Å². The summed E-state index contributed by atoms with van der Waals surface area (Å²) in [6.07, 6.45) is 0. The summed E-state index contributed by atoms with van der Waals surface area (Å²) in [5, 5.41) is 6.16. The van der Waals surface area contributed by atoms with Gasteiger partial charge in [-0.2, -0.15) is 0 Å². The van der Waals surface area contributed by atoms with Crippen molar-refractivity contribution in [2.24, 2.45) is 0 Å². The summed E-state index contributed by atoms with van der Waals surface area (Å²) in [6.45, 7) is 6.74. The van der Waals surface area contributed by atoms with Crippen LogP contribution in [-0.2, 0) is 5.41 Å². The van der Waals surface area contributed by atoms with Crippen LogP contribution in [0.1, 0.15) is 26.3 Å². The van der Waals surface area contributed by atoms with Crippen molar-refractivity contribution >= 4 is 66.4 Å². The number of halogens is 2. The van der Waals surface area contributed by atoms with Crippen LogP contribution < -0.4 is 9.80 Å². The average Bonchev–Trinajstić information content (AvgIpc) is 3.42. The molecule has 12 rings (SSSR count). The van der Waals surface area contributed by atoms with Crippen LogP contribution in [0.4, 0.5) is 42.9 Å². The molecule has 0 saturated carbocycles. The molecule has 0 aliphatic heterocycles. The Balaban J connectivity index is 1.24. The molecule has 0 N–H and O–H groups in total. The van der Waals surface area contributed by atoms with Crippen LogP contribution in [0.3, 0.4) is 0 Å². The van der Waals surface area contributed by atoms with E-state index in [2.05, 4.69) is 85.2 Å². The van der Waals surface area contributed by atoms with E-state index in [1.54, 1.807) is 12.1 Å². The van der Waals surface area contributed by atoms with Crippen molar-refractivity contribution in [3.8, 4) is 44.5 Å². The Bertz CT molecular complexity index is 3650. The number of anilines is 6. The highest BCUT2D eigenvalue weighted by Crippen LogP contribution is 2.54. The van der Waals surface area contributed by atoms with Gasteiger partial charge >= 0.3 is 0 Å². The molecule has 0 heterocycles. The molecule has 12 aromatic rings. The minimum atomic E-state index is -0.380. The second kappa shape index (κ2) is 18.1. The van der Waals surface area contributed by atoms with Crippen LogP contribution >= 0.6 is 0 Å². The van der Waals surface area contributed by atoms with Gasteiger partial charge in [0.2, 0.25) is 0 Å². The summed E-state index contributed by atoms with van der Waals surface area (Å²) in [7, 11) is 0. The molecule has 0 fully saturated rings. The Morgan fingerprint density at radius 3 is 1.03 bits per heavy atom. The lowest BCUT2D eigenvalue weighted by Gasteiger charge is -2.34. The van der Waals surface area contributed by atoms with Crippen molar-refractivity contribution in [1.82, 2.24) is 0 Å². The van der Waals surface area contributed by atoms with Crippen LogP contribution in [0.25, 0.3) is 76.8 Å². The van der Waals surface area contributed by atoms with E-state index in [0.717, 1.165) is 99.6 Å². The number of hydrogen-bond donors (Lipinski definition) is 0. The first-order valence-electron chi connectivity index (χ1n) is 24.5. The fourth-order valence-electron chi connectivity index (χ4n) is 10.5. The number of benzene rings is 12. The maximum atomic E-state index is 18.2. The highest BCUT2D eigenvalue weighted by Gasteiger charge is 2.31. The number of hydrogen-bond acceptors (Lipinski definition) is 2. The van der Waals surface area contributed by atoms with Gasteiger partial charge < -0.3 is 9.80 Å². The Morgan fingerprint density at radius 1 is 0.319 bits per heavy atom. The van der Waals surface area contributed by atoms with Crippen LogP contribution in [0.2, 0.25) is 0 Å². The zero-order valence-electron chi connectivity index (χ0n) is 40.3. The van der Waals surface area contributed by atoms with Gasteiger partial charge in [0.15, 0.2) is 0 Å². The molecule has 0 aliphatic carbocycles. The summed E-state index contributed by atoms with van der Waals surface area (Å²) in [6, 6.07) is 83.3. The van der Waals surface area contributed by atoms with Crippen LogP contribution in [0.5, 0.6) is 0 Å². The summed E-state index contributed by atoms with van der Waals surface area (Å²) in [5.74, 6) is -0.759. The number of rotatable bonds is 10. The lowest BCUT2D eigenvalue weighted by Crippen LogP contribution is -2.17. The lowest BCUT2D eigenvalue weighted by molar-refractivity contribution is 0.591. The Kier molecular flexibility index (Phi) is 11.2. The molecule has 0 bridgehead atoms. The third-order valence-corrected chi connectivity index (χ3v) is 14.0. The highest BCUT2D eigenvalue weighted by atomic mass is 19.1. The van der Waals surface area contributed by atoms with E-state index in [9.17, 15) is 0 Å². The summed E-state index contributed by atoms with van der Waals surface area (Å²) < 4.78 is 36.4. The van der Waals surface area contributed by atoms with Crippen molar-refractivity contribution in [3.05, 3.63) is 266 Å². The fraction of sp³-hybridized carbons (Fsp3) is 0.0588. The molecule has 0 amide bonds. The molecule has 2 nitrogen and oxygen atoms in total. The average molecular weight is 933 g/mol. The van der Waals surface area contributed by atoms with E-state index in [4.69, 9.17) is 0 Å².